The molecule has 0 saturated carbocycles. The van der Waals surface area contributed by atoms with Crippen LogP contribution < -0.4 is 0 Å². The molecule has 13 heavy (non-hydrogen) atoms. The molecule has 0 bridgehead atoms. The van der Waals surface area contributed by atoms with E-state index in [-0.39, 0.29) is 11.7 Å². The van der Waals surface area contributed by atoms with E-state index in [0.717, 1.165) is 0 Å². The van der Waals surface area contributed by atoms with Crippen molar-refractivity contribution in [1.29, 1.82) is 0 Å². The van der Waals surface area contributed by atoms with E-state index in [1.807, 2.05) is 0 Å². The van der Waals surface area contributed by atoms with E-state index in [1.165, 1.54) is 4.90 Å². The number of carbonyl (C=O) groups is 2. The summed E-state index contributed by atoms with van der Waals surface area (Å²) >= 11 is 3.11. The first-order valence-corrected chi connectivity index (χ1v) is 5.34. The third kappa shape index (κ3) is 2.69. The maximum Gasteiger partial charge on any atom is 0.407 e. The normalized spacial score (nSPS) is 18.7. The van der Waals surface area contributed by atoms with Crippen molar-refractivity contribution in [3.05, 3.63) is 0 Å². The molecule has 0 aromatic heterocycles. The lowest BCUT2D eigenvalue weighted by Gasteiger charge is -2.28. The fourth-order valence-electron chi connectivity index (χ4n) is 1.50. The van der Waals surface area contributed by atoms with Gasteiger partial charge in [0.15, 0.2) is 0 Å². The highest BCUT2D eigenvalue weighted by Crippen LogP contribution is 2.18. The fraction of sp³-hybridized carbons (Fsp3) is 0.750. The summed E-state index contributed by atoms with van der Waals surface area (Å²) in [7, 11) is 0. The van der Waals surface area contributed by atoms with Gasteiger partial charge in [0.05, 0.1) is 5.33 Å². The second-order valence-corrected chi connectivity index (χ2v) is 3.70. The first-order valence-electron chi connectivity index (χ1n) is 4.21. The molecule has 0 aromatic carbocycles. The minimum atomic E-state index is -0.884. The minimum absolute atomic E-state index is 0.0509. The van der Waals surface area contributed by atoms with Crippen LogP contribution in [0.4, 0.5) is 4.79 Å². The highest BCUT2D eigenvalue weighted by Gasteiger charge is 2.25. The predicted molar refractivity (Wildman–Crippen MR) is 51.1 cm³/mol. The van der Waals surface area contributed by atoms with Gasteiger partial charge in [0, 0.05) is 19.0 Å². The van der Waals surface area contributed by atoms with Gasteiger partial charge in [0.2, 0.25) is 0 Å². The van der Waals surface area contributed by atoms with Crippen molar-refractivity contribution in [2.75, 3.05) is 18.4 Å². The van der Waals surface area contributed by atoms with Gasteiger partial charge in [-0.1, -0.05) is 15.9 Å². The molecule has 1 heterocycles. The van der Waals surface area contributed by atoms with Crippen LogP contribution in [0.25, 0.3) is 0 Å². The molecule has 1 saturated heterocycles. The molecular weight excluding hydrogens is 238 g/mol. The Morgan fingerprint density at radius 2 is 1.92 bits per heavy atom. The average molecular weight is 250 g/mol. The number of nitrogens with zero attached hydrogens (tertiary/aromatic N) is 1. The van der Waals surface area contributed by atoms with E-state index in [2.05, 4.69) is 15.9 Å². The van der Waals surface area contributed by atoms with Gasteiger partial charge >= 0.3 is 6.09 Å². The predicted octanol–water partition coefficient (Wildman–Crippen LogP) is 1.34. The number of piperidine rings is 1. The zero-order valence-corrected chi connectivity index (χ0v) is 8.79. The summed E-state index contributed by atoms with van der Waals surface area (Å²) in [4.78, 5) is 23.1. The lowest BCUT2D eigenvalue weighted by Crippen LogP contribution is -2.39. The lowest BCUT2D eigenvalue weighted by atomic mass is 9.94. The summed E-state index contributed by atoms with van der Waals surface area (Å²) in [5.74, 6) is 0.236. The molecule has 0 aromatic rings. The molecule has 5 heteroatoms. The zero-order chi connectivity index (χ0) is 9.84. The number of Topliss-reactive ketones (excluding diaryl/α,β-unsaturated/α-hetero) is 1. The molecule has 0 unspecified atom stereocenters. The number of carbonyl (C=O) groups excluding carboxylic acids is 1. The number of carboxylic acid groups (broad SMARTS) is 1. The van der Waals surface area contributed by atoms with Crippen LogP contribution in [0.2, 0.25) is 0 Å². The first-order chi connectivity index (χ1) is 6.15. The quantitative estimate of drug-likeness (QED) is 0.752. The second-order valence-electron chi connectivity index (χ2n) is 3.14. The summed E-state index contributed by atoms with van der Waals surface area (Å²) < 4.78 is 0. The van der Waals surface area contributed by atoms with Crippen molar-refractivity contribution in [2.24, 2.45) is 5.92 Å². The van der Waals surface area contributed by atoms with Crippen molar-refractivity contribution in [3.8, 4) is 0 Å². The SMILES string of the molecule is O=C(CBr)C1CCN(C(=O)O)CC1. The van der Waals surface area contributed by atoms with Gasteiger partial charge in [-0.25, -0.2) is 4.79 Å². The fourth-order valence-corrected chi connectivity index (χ4v) is 1.96. The van der Waals surface area contributed by atoms with Crippen LogP contribution in [0.3, 0.4) is 0 Å². The number of ketones is 1. The Morgan fingerprint density at radius 3 is 2.31 bits per heavy atom. The van der Waals surface area contributed by atoms with Gasteiger partial charge in [-0.05, 0) is 12.8 Å². The van der Waals surface area contributed by atoms with Crippen LogP contribution in [0.15, 0.2) is 0 Å². The van der Waals surface area contributed by atoms with Gasteiger partial charge in [-0.2, -0.15) is 0 Å². The van der Waals surface area contributed by atoms with Crippen molar-refractivity contribution in [1.82, 2.24) is 4.90 Å². The van der Waals surface area contributed by atoms with Crippen LogP contribution >= 0.6 is 15.9 Å². The number of amides is 1. The smallest absolute Gasteiger partial charge is 0.407 e. The van der Waals surface area contributed by atoms with Gasteiger partial charge < -0.3 is 10.0 Å². The number of halogens is 1. The molecule has 1 aliphatic rings. The van der Waals surface area contributed by atoms with Crippen molar-refractivity contribution >= 4 is 27.8 Å². The third-order valence-corrected chi connectivity index (χ3v) is 2.91. The van der Waals surface area contributed by atoms with Crippen LogP contribution in [-0.2, 0) is 4.79 Å². The second kappa shape index (κ2) is 4.60. The molecule has 1 rings (SSSR count). The van der Waals surface area contributed by atoms with E-state index in [1.54, 1.807) is 0 Å². The molecule has 0 aliphatic carbocycles. The number of hydrogen-bond acceptors (Lipinski definition) is 2. The lowest BCUT2D eigenvalue weighted by molar-refractivity contribution is -0.121. The topological polar surface area (TPSA) is 57.6 Å². The Hall–Kier alpha value is -0.580. The van der Waals surface area contributed by atoms with E-state index < -0.39 is 6.09 Å². The molecule has 0 radical (unpaired) electrons. The zero-order valence-electron chi connectivity index (χ0n) is 7.20. The van der Waals surface area contributed by atoms with E-state index >= 15 is 0 Å². The highest BCUT2D eigenvalue weighted by molar-refractivity contribution is 9.09. The summed E-state index contributed by atoms with van der Waals surface area (Å²) in [6.07, 6.45) is 0.442. The van der Waals surface area contributed by atoms with E-state index in [9.17, 15) is 9.59 Å². The molecule has 1 N–H and O–H groups in total. The van der Waals surface area contributed by atoms with E-state index in [4.69, 9.17) is 5.11 Å². The number of likely N-dealkylation sites (tertiary alicyclic amines) is 1. The Morgan fingerprint density at radius 1 is 1.38 bits per heavy atom. The van der Waals surface area contributed by atoms with E-state index in [0.29, 0.717) is 31.3 Å². The molecule has 0 atom stereocenters. The standard InChI is InChI=1S/C8H12BrNO3/c9-5-7(11)6-1-3-10(4-2-6)8(12)13/h6H,1-5H2,(H,12,13). The summed E-state index contributed by atoms with van der Waals surface area (Å²) in [5, 5.41) is 9.03. The van der Waals surface area contributed by atoms with Crippen molar-refractivity contribution < 1.29 is 14.7 Å². The maximum absolute atomic E-state index is 11.2. The van der Waals surface area contributed by atoms with Crippen LogP contribution in [0.1, 0.15) is 12.8 Å². The number of alkyl halides is 1. The number of hydrogen-bond donors (Lipinski definition) is 1. The Balaban J connectivity index is 2.39. The minimum Gasteiger partial charge on any atom is -0.465 e. The summed E-state index contributed by atoms with van der Waals surface area (Å²) in [5.41, 5.74) is 0. The molecule has 1 aliphatic heterocycles. The summed E-state index contributed by atoms with van der Waals surface area (Å²) in [6, 6.07) is 0. The van der Waals surface area contributed by atoms with Gasteiger partial charge in [0.25, 0.3) is 0 Å². The van der Waals surface area contributed by atoms with Gasteiger partial charge in [0.1, 0.15) is 5.78 Å². The Labute approximate surface area is 85.0 Å². The molecule has 1 amide bonds. The van der Waals surface area contributed by atoms with Crippen molar-refractivity contribution in [3.63, 3.8) is 0 Å². The van der Waals surface area contributed by atoms with Crippen molar-refractivity contribution in [2.45, 2.75) is 12.8 Å². The monoisotopic (exact) mass is 249 g/mol. The molecule has 1 fully saturated rings. The summed E-state index contributed by atoms with van der Waals surface area (Å²) in [6.45, 7) is 0.970. The van der Waals surface area contributed by atoms with Gasteiger partial charge in [-0.15, -0.1) is 0 Å². The maximum atomic E-state index is 11.2. The van der Waals surface area contributed by atoms with Crippen LogP contribution in [-0.4, -0.2) is 40.3 Å². The molecule has 4 nitrogen and oxygen atoms in total. The number of rotatable bonds is 2. The van der Waals surface area contributed by atoms with Crippen LogP contribution in [0, 0.1) is 5.92 Å². The first kappa shape index (κ1) is 10.5. The molecular formula is C8H12BrNO3. The molecule has 74 valence electrons. The average Bonchev–Trinajstić information content (AvgIpc) is 2.17. The Bertz CT molecular complexity index is 211. The Kier molecular flexibility index (Phi) is 3.71. The van der Waals surface area contributed by atoms with Gasteiger partial charge in [-0.3, -0.25) is 4.79 Å². The highest BCUT2D eigenvalue weighted by atomic mass is 79.9. The largest absolute Gasteiger partial charge is 0.465 e. The molecule has 0 spiro atoms. The van der Waals surface area contributed by atoms with Crippen LogP contribution in [0.5, 0.6) is 0 Å². The third-order valence-electron chi connectivity index (χ3n) is 2.35.